The lowest BCUT2D eigenvalue weighted by Gasteiger charge is -2.29. The highest BCUT2D eigenvalue weighted by Crippen LogP contribution is 2.16. The van der Waals surface area contributed by atoms with Crippen LogP contribution in [0.1, 0.15) is 19.8 Å². The van der Waals surface area contributed by atoms with E-state index in [4.69, 9.17) is 5.11 Å². The number of hydrogen-bond acceptors (Lipinski definition) is 3. The third kappa shape index (κ3) is 3.51. The number of nitrogens with zero attached hydrogens (tertiary/aromatic N) is 1. The second-order valence-electron chi connectivity index (χ2n) is 3.88. The van der Waals surface area contributed by atoms with Crippen molar-refractivity contribution in [3.05, 3.63) is 0 Å². The van der Waals surface area contributed by atoms with Crippen molar-refractivity contribution in [2.45, 2.75) is 19.8 Å². The number of aliphatic hydroxyl groups excluding tert-OH is 1. The number of aliphatic hydroxyl groups is 1. The van der Waals surface area contributed by atoms with Gasteiger partial charge in [0.1, 0.15) is 0 Å². The zero-order chi connectivity index (χ0) is 11.3. The Morgan fingerprint density at radius 2 is 2.40 bits per heavy atom. The molecule has 15 heavy (non-hydrogen) atoms. The highest BCUT2D eigenvalue weighted by molar-refractivity contribution is 5.86. The van der Waals surface area contributed by atoms with Crippen molar-refractivity contribution in [1.82, 2.24) is 10.2 Å². The van der Waals surface area contributed by atoms with Gasteiger partial charge in [0, 0.05) is 19.0 Å². The van der Waals surface area contributed by atoms with Crippen LogP contribution in [0.4, 0.5) is 0 Å². The third-order valence-electron chi connectivity index (χ3n) is 2.57. The Morgan fingerprint density at radius 3 is 3.07 bits per heavy atom. The molecule has 0 aliphatic carbocycles. The number of rotatable bonds is 4. The van der Waals surface area contributed by atoms with Crippen LogP contribution in [0, 0.1) is 5.92 Å². The van der Waals surface area contributed by atoms with Crippen LogP contribution >= 0.6 is 0 Å². The lowest BCUT2D eigenvalue weighted by atomic mass is 9.99. The highest BCUT2D eigenvalue weighted by Gasteiger charge is 2.26. The van der Waals surface area contributed by atoms with E-state index in [9.17, 15) is 9.59 Å². The normalized spacial score (nSPS) is 21.6. The molecule has 0 radical (unpaired) electrons. The summed E-state index contributed by atoms with van der Waals surface area (Å²) in [5, 5.41) is 11.1. The van der Waals surface area contributed by atoms with Crippen LogP contribution in [0.2, 0.25) is 0 Å². The summed E-state index contributed by atoms with van der Waals surface area (Å²) in [6.45, 7) is 2.84. The second-order valence-corrected chi connectivity index (χ2v) is 3.88. The molecule has 1 aliphatic heterocycles. The Balaban J connectivity index is 2.36. The minimum atomic E-state index is -0.202. The van der Waals surface area contributed by atoms with Gasteiger partial charge >= 0.3 is 0 Å². The van der Waals surface area contributed by atoms with Crippen LogP contribution in [0.25, 0.3) is 0 Å². The summed E-state index contributed by atoms with van der Waals surface area (Å²) in [7, 11) is 0. The molecule has 1 fully saturated rings. The fourth-order valence-electron chi connectivity index (χ4n) is 1.72. The Bertz CT molecular complexity index is 243. The van der Waals surface area contributed by atoms with Crippen molar-refractivity contribution >= 4 is 11.8 Å². The van der Waals surface area contributed by atoms with Crippen molar-refractivity contribution in [1.29, 1.82) is 0 Å². The molecule has 0 saturated carbocycles. The van der Waals surface area contributed by atoms with Crippen molar-refractivity contribution in [3.8, 4) is 0 Å². The van der Waals surface area contributed by atoms with Gasteiger partial charge in [0.15, 0.2) is 0 Å². The molecular formula is C10H18N2O3. The van der Waals surface area contributed by atoms with Gasteiger partial charge in [-0.15, -0.1) is 0 Å². The molecule has 1 aliphatic rings. The number of likely N-dealkylation sites (tertiary alicyclic amines) is 1. The lowest BCUT2D eigenvalue weighted by molar-refractivity contribution is -0.141. The molecule has 1 unspecified atom stereocenters. The molecule has 0 bridgehead atoms. The van der Waals surface area contributed by atoms with E-state index in [0.29, 0.717) is 6.54 Å². The van der Waals surface area contributed by atoms with E-state index < -0.39 is 0 Å². The summed E-state index contributed by atoms with van der Waals surface area (Å²) in [6.07, 6.45) is 1.87. The minimum absolute atomic E-state index is 0.0318. The largest absolute Gasteiger partial charge is 0.395 e. The number of hydrogen-bond donors (Lipinski definition) is 2. The van der Waals surface area contributed by atoms with Crippen LogP contribution < -0.4 is 5.32 Å². The number of nitrogens with one attached hydrogen (secondary N) is 1. The van der Waals surface area contributed by atoms with Crippen molar-refractivity contribution < 1.29 is 14.7 Å². The molecule has 86 valence electrons. The van der Waals surface area contributed by atoms with Gasteiger partial charge in [-0.3, -0.25) is 9.59 Å². The maximum absolute atomic E-state index is 11.6. The SMILES string of the molecule is CC1CCCN(CC(=O)NCCO)C1=O. The number of piperidine rings is 1. The van der Waals surface area contributed by atoms with E-state index in [-0.39, 0.29) is 37.4 Å². The Morgan fingerprint density at radius 1 is 1.67 bits per heavy atom. The summed E-state index contributed by atoms with van der Waals surface area (Å²) in [4.78, 5) is 24.5. The van der Waals surface area contributed by atoms with Gasteiger partial charge in [0.05, 0.1) is 13.2 Å². The Kier molecular flexibility index (Phi) is 4.55. The molecule has 5 nitrogen and oxygen atoms in total. The molecule has 0 spiro atoms. The number of carbonyl (C=O) groups excluding carboxylic acids is 2. The number of amides is 2. The van der Waals surface area contributed by atoms with Gasteiger partial charge in [-0.1, -0.05) is 6.92 Å². The van der Waals surface area contributed by atoms with Crippen LogP contribution in [0.5, 0.6) is 0 Å². The van der Waals surface area contributed by atoms with E-state index in [1.807, 2.05) is 6.92 Å². The monoisotopic (exact) mass is 214 g/mol. The molecule has 2 amide bonds. The molecule has 0 aromatic rings. The van der Waals surface area contributed by atoms with E-state index in [1.165, 1.54) is 0 Å². The molecule has 2 N–H and O–H groups in total. The Labute approximate surface area is 89.4 Å². The maximum atomic E-state index is 11.6. The second kappa shape index (κ2) is 5.70. The van der Waals surface area contributed by atoms with Crippen LogP contribution in [0.3, 0.4) is 0 Å². The van der Waals surface area contributed by atoms with Crippen molar-refractivity contribution in [2.75, 3.05) is 26.2 Å². The van der Waals surface area contributed by atoms with E-state index >= 15 is 0 Å². The fourth-order valence-corrected chi connectivity index (χ4v) is 1.72. The molecule has 5 heteroatoms. The zero-order valence-electron chi connectivity index (χ0n) is 9.03. The lowest BCUT2D eigenvalue weighted by Crippen LogP contribution is -2.46. The smallest absolute Gasteiger partial charge is 0.239 e. The summed E-state index contributed by atoms with van der Waals surface area (Å²) < 4.78 is 0. The predicted octanol–water partition coefficient (Wildman–Crippen LogP) is -0.647. The highest BCUT2D eigenvalue weighted by atomic mass is 16.3. The van der Waals surface area contributed by atoms with E-state index in [1.54, 1.807) is 4.90 Å². The minimum Gasteiger partial charge on any atom is -0.395 e. The number of carbonyl (C=O) groups is 2. The van der Waals surface area contributed by atoms with Gasteiger partial charge in [-0.05, 0) is 12.8 Å². The molecule has 1 saturated heterocycles. The average Bonchev–Trinajstić information content (AvgIpc) is 2.22. The zero-order valence-corrected chi connectivity index (χ0v) is 9.03. The maximum Gasteiger partial charge on any atom is 0.239 e. The first-order chi connectivity index (χ1) is 7.15. The quantitative estimate of drug-likeness (QED) is 0.653. The summed E-state index contributed by atoms with van der Waals surface area (Å²) in [5.74, 6) is -0.115. The molecule has 0 aromatic heterocycles. The van der Waals surface area contributed by atoms with Crippen LogP contribution in [0.15, 0.2) is 0 Å². The third-order valence-corrected chi connectivity index (χ3v) is 2.57. The summed E-state index contributed by atoms with van der Waals surface area (Å²) >= 11 is 0. The van der Waals surface area contributed by atoms with Gasteiger partial charge in [0.25, 0.3) is 0 Å². The van der Waals surface area contributed by atoms with Gasteiger partial charge in [0.2, 0.25) is 11.8 Å². The van der Waals surface area contributed by atoms with Gasteiger partial charge < -0.3 is 15.3 Å². The molecule has 1 heterocycles. The first kappa shape index (κ1) is 12.0. The molecular weight excluding hydrogens is 196 g/mol. The Hall–Kier alpha value is -1.10. The summed E-state index contributed by atoms with van der Waals surface area (Å²) in [6, 6.07) is 0. The van der Waals surface area contributed by atoms with Gasteiger partial charge in [-0.25, -0.2) is 0 Å². The predicted molar refractivity (Wildman–Crippen MR) is 55.1 cm³/mol. The average molecular weight is 214 g/mol. The first-order valence-corrected chi connectivity index (χ1v) is 5.31. The molecule has 1 atom stereocenters. The van der Waals surface area contributed by atoms with E-state index in [2.05, 4.69) is 5.32 Å². The van der Waals surface area contributed by atoms with Gasteiger partial charge in [-0.2, -0.15) is 0 Å². The topological polar surface area (TPSA) is 69.6 Å². The van der Waals surface area contributed by atoms with Crippen LogP contribution in [-0.4, -0.2) is 48.1 Å². The first-order valence-electron chi connectivity index (χ1n) is 5.31. The fraction of sp³-hybridized carbons (Fsp3) is 0.800. The standard InChI is InChI=1S/C10H18N2O3/c1-8-3-2-5-12(10(8)15)7-9(14)11-4-6-13/h8,13H,2-7H2,1H3,(H,11,14). The molecule has 1 rings (SSSR count). The molecule has 0 aromatic carbocycles. The summed E-state index contributed by atoms with van der Waals surface area (Å²) in [5.41, 5.74) is 0. The van der Waals surface area contributed by atoms with Crippen LogP contribution in [-0.2, 0) is 9.59 Å². The van der Waals surface area contributed by atoms with Crippen molar-refractivity contribution in [3.63, 3.8) is 0 Å². The van der Waals surface area contributed by atoms with E-state index in [0.717, 1.165) is 12.8 Å². The van der Waals surface area contributed by atoms with Crippen molar-refractivity contribution in [2.24, 2.45) is 5.92 Å².